The van der Waals surface area contributed by atoms with Crippen LogP contribution in [0, 0.1) is 44.3 Å². The van der Waals surface area contributed by atoms with E-state index in [0.29, 0.717) is 11.6 Å². The Balaban J connectivity index is 1.51. The molecule has 0 unspecified atom stereocenters. The van der Waals surface area contributed by atoms with Gasteiger partial charge in [0.15, 0.2) is 0 Å². The Hall–Kier alpha value is -1.26. The zero-order valence-electron chi connectivity index (χ0n) is 26.3. The summed E-state index contributed by atoms with van der Waals surface area (Å²) in [4.78, 5) is 31.2. The summed E-state index contributed by atoms with van der Waals surface area (Å²) in [6.07, 6.45) is 7.23. The number of hydrogen-bond donors (Lipinski definition) is 0. The van der Waals surface area contributed by atoms with Crippen molar-refractivity contribution in [3.63, 3.8) is 0 Å². The zero-order chi connectivity index (χ0) is 30.3. The second-order valence-corrected chi connectivity index (χ2v) is 17.9. The van der Waals surface area contributed by atoms with Crippen molar-refractivity contribution in [3.05, 3.63) is 71.8 Å². The summed E-state index contributed by atoms with van der Waals surface area (Å²) in [6, 6.07) is 21.2. The van der Waals surface area contributed by atoms with Crippen molar-refractivity contribution in [2.45, 2.75) is 103 Å². The lowest BCUT2D eigenvalue weighted by molar-refractivity contribution is -0.167. The number of carbonyl (C=O) groups excluding carboxylic acids is 2. The molecule has 0 heterocycles. The minimum atomic E-state index is -0.648. The Morgan fingerprint density at radius 2 is 0.952 bits per heavy atom. The lowest BCUT2D eigenvalue weighted by Crippen LogP contribution is -2.60. The number of carbonyl (C=O) groups is 2. The average Bonchev–Trinajstić information content (AvgIpc) is 3.46. The third kappa shape index (κ3) is 3.72. The van der Waals surface area contributed by atoms with E-state index in [1.165, 1.54) is 11.1 Å². The molecule has 0 aliphatic heterocycles. The van der Waals surface area contributed by atoms with Gasteiger partial charge in [0.2, 0.25) is 0 Å². The SMILES string of the molecule is CC1(C)[C@@H]2CC[C@@]1(C)C(=O)[C@@]2(CC[C@H](Br)c1ccccc1)[C@]1(CC[C@H](Br)c2ccccc2)C(=O)[C@@]2(C)CC[C@H]1C2(C)C. The Morgan fingerprint density at radius 3 is 1.24 bits per heavy atom. The molecule has 4 aliphatic carbocycles. The van der Waals surface area contributed by atoms with E-state index in [4.69, 9.17) is 0 Å². The van der Waals surface area contributed by atoms with Gasteiger partial charge in [-0.05, 0) is 85.2 Å². The maximum absolute atomic E-state index is 15.4. The first kappa shape index (κ1) is 30.8. The van der Waals surface area contributed by atoms with Crippen LogP contribution in [0.2, 0.25) is 0 Å². The standard InChI is InChI=1S/C38H48Br2O2/c1-33(2)29-19-21-35(33,5)31(41)37(29,23-17-27(39)25-13-9-7-10-14-25)38(24-18-28(40)26-15-11-8-12-16-26)30-20-22-36(6,32(38)42)34(30,3)4/h7-16,27-30H,17-24H2,1-6H3/t27-,28-,29-,30-,35-,36+,37-,38-/m0/s1. The van der Waals surface area contributed by atoms with E-state index < -0.39 is 10.8 Å². The van der Waals surface area contributed by atoms with Crippen LogP contribution in [0.15, 0.2) is 60.7 Å². The van der Waals surface area contributed by atoms with Crippen LogP contribution in [0.3, 0.4) is 0 Å². The van der Waals surface area contributed by atoms with Gasteiger partial charge in [-0.15, -0.1) is 0 Å². The maximum Gasteiger partial charge on any atom is 0.146 e. The van der Waals surface area contributed by atoms with Crippen molar-refractivity contribution in [2.24, 2.45) is 44.3 Å². The first-order valence-corrected chi connectivity index (χ1v) is 18.0. The molecule has 226 valence electrons. The van der Waals surface area contributed by atoms with Crippen LogP contribution in [0.1, 0.15) is 114 Å². The predicted molar refractivity (Wildman–Crippen MR) is 179 cm³/mol. The van der Waals surface area contributed by atoms with E-state index in [1.807, 2.05) is 0 Å². The van der Waals surface area contributed by atoms with Gasteiger partial charge < -0.3 is 0 Å². The number of rotatable bonds is 9. The molecule has 0 saturated heterocycles. The first-order valence-electron chi connectivity index (χ1n) is 16.2. The van der Waals surface area contributed by atoms with Gasteiger partial charge in [-0.2, -0.15) is 0 Å². The van der Waals surface area contributed by atoms with E-state index in [9.17, 15) is 0 Å². The topological polar surface area (TPSA) is 34.1 Å². The van der Waals surface area contributed by atoms with Crippen LogP contribution in [0.25, 0.3) is 0 Å². The molecule has 0 radical (unpaired) electrons. The van der Waals surface area contributed by atoms with Crippen molar-refractivity contribution in [2.75, 3.05) is 0 Å². The Kier molecular flexibility index (Phi) is 7.42. The Bertz CT molecular complexity index is 1260. The van der Waals surface area contributed by atoms with Crippen molar-refractivity contribution in [3.8, 4) is 0 Å². The molecule has 2 aromatic carbocycles. The van der Waals surface area contributed by atoms with Crippen LogP contribution in [-0.4, -0.2) is 11.6 Å². The summed E-state index contributed by atoms with van der Waals surface area (Å²) >= 11 is 8.07. The molecular formula is C38H48Br2O2. The molecular weight excluding hydrogens is 648 g/mol. The number of hydrogen-bond acceptors (Lipinski definition) is 2. The number of Topliss-reactive ketones (excluding diaryl/α,β-unsaturated/α-hetero) is 2. The van der Waals surface area contributed by atoms with Gasteiger partial charge >= 0.3 is 0 Å². The Labute approximate surface area is 270 Å². The van der Waals surface area contributed by atoms with E-state index in [0.717, 1.165) is 51.4 Å². The minimum Gasteiger partial charge on any atom is -0.298 e. The molecule has 42 heavy (non-hydrogen) atoms. The van der Waals surface area contributed by atoms with E-state index >= 15 is 9.59 Å². The summed E-state index contributed by atoms with van der Waals surface area (Å²) in [6.45, 7) is 13.9. The van der Waals surface area contributed by atoms with Gasteiger partial charge in [-0.25, -0.2) is 0 Å². The molecule has 0 N–H and O–H groups in total. The summed E-state index contributed by atoms with van der Waals surface area (Å²) < 4.78 is 0. The quantitative estimate of drug-likeness (QED) is 0.245. The highest BCUT2D eigenvalue weighted by Crippen LogP contribution is 2.83. The zero-order valence-corrected chi connectivity index (χ0v) is 29.5. The second-order valence-electron chi connectivity index (χ2n) is 15.7. The van der Waals surface area contributed by atoms with Crippen LogP contribution in [0.4, 0.5) is 0 Å². The molecule has 4 fully saturated rings. The van der Waals surface area contributed by atoms with Gasteiger partial charge in [0.05, 0.1) is 0 Å². The molecule has 4 bridgehead atoms. The molecule has 2 aromatic rings. The first-order chi connectivity index (χ1) is 19.7. The van der Waals surface area contributed by atoms with E-state index in [-0.39, 0.29) is 43.2 Å². The molecule has 4 aliphatic rings. The van der Waals surface area contributed by atoms with E-state index in [2.05, 4.69) is 134 Å². The fraction of sp³-hybridized carbons (Fsp3) is 0.632. The highest BCUT2D eigenvalue weighted by molar-refractivity contribution is 9.09. The van der Waals surface area contributed by atoms with E-state index in [1.54, 1.807) is 0 Å². The van der Waals surface area contributed by atoms with Gasteiger partial charge in [-0.3, -0.25) is 9.59 Å². The number of ketones is 2. The lowest BCUT2D eigenvalue weighted by Gasteiger charge is -2.56. The molecule has 0 spiro atoms. The van der Waals surface area contributed by atoms with Gasteiger partial charge in [0, 0.05) is 31.3 Å². The van der Waals surface area contributed by atoms with Crippen LogP contribution in [-0.2, 0) is 9.59 Å². The third-order valence-corrected chi connectivity index (χ3v) is 16.1. The second kappa shape index (κ2) is 10.1. The fourth-order valence-corrected chi connectivity index (χ4v) is 12.3. The number of benzene rings is 2. The highest BCUT2D eigenvalue weighted by Gasteiger charge is 2.85. The van der Waals surface area contributed by atoms with Gasteiger partial charge in [-0.1, -0.05) is 134 Å². The predicted octanol–water partition coefficient (Wildman–Crippen LogP) is 10.8. The molecule has 4 heteroatoms. The van der Waals surface area contributed by atoms with Crippen molar-refractivity contribution in [1.29, 1.82) is 0 Å². The summed E-state index contributed by atoms with van der Waals surface area (Å²) in [5, 5.41) is 0. The van der Waals surface area contributed by atoms with Crippen molar-refractivity contribution >= 4 is 43.4 Å². The number of alkyl halides is 2. The summed E-state index contributed by atoms with van der Waals surface area (Å²) in [5.74, 6) is 1.25. The summed E-state index contributed by atoms with van der Waals surface area (Å²) in [5.41, 5.74) is 0.158. The largest absolute Gasteiger partial charge is 0.298 e. The smallest absolute Gasteiger partial charge is 0.146 e. The van der Waals surface area contributed by atoms with Crippen molar-refractivity contribution in [1.82, 2.24) is 0 Å². The summed E-state index contributed by atoms with van der Waals surface area (Å²) in [7, 11) is 0. The van der Waals surface area contributed by atoms with Crippen LogP contribution < -0.4 is 0 Å². The molecule has 8 atom stereocenters. The molecule has 4 saturated carbocycles. The molecule has 0 amide bonds. The maximum atomic E-state index is 15.4. The minimum absolute atomic E-state index is 0.133. The average molecular weight is 697 g/mol. The molecule has 2 nitrogen and oxygen atoms in total. The monoisotopic (exact) mass is 694 g/mol. The van der Waals surface area contributed by atoms with Crippen LogP contribution >= 0.6 is 31.9 Å². The molecule has 6 rings (SSSR count). The number of halogens is 2. The van der Waals surface area contributed by atoms with Gasteiger partial charge in [0.1, 0.15) is 11.6 Å². The number of fused-ring (bicyclic) bond motifs is 4. The third-order valence-electron chi connectivity index (χ3n) is 14.2. The fourth-order valence-electron chi connectivity index (χ4n) is 11.3. The molecule has 0 aromatic heterocycles. The normalized spacial score (nSPS) is 39.1. The van der Waals surface area contributed by atoms with Crippen molar-refractivity contribution < 1.29 is 9.59 Å². The van der Waals surface area contributed by atoms with Crippen LogP contribution in [0.5, 0.6) is 0 Å². The Morgan fingerprint density at radius 1 is 0.619 bits per heavy atom. The highest BCUT2D eigenvalue weighted by atomic mass is 79.9. The lowest BCUT2D eigenvalue weighted by atomic mass is 9.45. The van der Waals surface area contributed by atoms with Gasteiger partial charge in [0.25, 0.3) is 0 Å².